The van der Waals surface area contributed by atoms with Crippen molar-refractivity contribution < 1.29 is 10.0 Å². The van der Waals surface area contributed by atoms with Crippen molar-refractivity contribution in [2.75, 3.05) is 0 Å². The van der Waals surface area contributed by atoms with Gasteiger partial charge in [0.15, 0.2) is 0 Å². The Morgan fingerprint density at radius 3 is 2.68 bits per heavy atom. The molecule has 0 saturated heterocycles. The number of halogens is 1. The van der Waals surface area contributed by atoms with Crippen LogP contribution < -0.4 is 5.11 Å². The van der Waals surface area contributed by atoms with Crippen LogP contribution >= 0.6 is 22.6 Å². The number of aliphatic imine (C=N–C) groups is 1. The Morgan fingerprint density at radius 1 is 1.21 bits per heavy atom. The van der Waals surface area contributed by atoms with Gasteiger partial charge in [-0.3, -0.25) is 15.1 Å². The third-order valence-electron chi connectivity index (χ3n) is 2.37. The van der Waals surface area contributed by atoms with Gasteiger partial charge in [0, 0.05) is 21.9 Å². The summed E-state index contributed by atoms with van der Waals surface area (Å²) in [4.78, 5) is 14.2. The molecule has 0 bridgehead atoms. The van der Waals surface area contributed by atoms with Crippen molar-refractivity contribution in [2.24, 2.45) is 4.99 Å². The van der Waals surface area contributed by atoms with E-state index in [4.69, 9.17) is 0 Å². The summed E-state index contributed by atoms with van der Waals surface area (Å²) >= 11 is 2.16. The summed E-state index contributed by atoms with van der Waals surface area (Å²) in [7, 11) is 0. The molecule has 96 valence electrons. The minimum atomic E-state index is -0.539. The SMILES string of the molecule is O=[N+]([O-])c1ccc([O-])c(C=Nc2cccc(I)c2)c1. The largest absolute Gasteiger partial charge is 0.872 e. The van der Waals surface area contributed by atoms with Crippen molar-refractivity contribution in [1.29, 1.82) is 0 Å². The molecule has 2 rings (SSSR count). The first-order chi connectivity index (χ1) is 9.06. The zero-order chi connectivity index (χ0) is 13.8. The fourth-order valence-electron chi connectivity index (χ4n) is 1.45. The number of hydrogen-bond donors (Lipinski definition) is 0. The van der Waals surface area contributed by atoms with Gasteiger partial charge in [0.2, 0.25) is 0 Å². The molecule has 5 nitrogen and oxygen atoms in total. The molecule has 19 heavy (non-hydrogen) atoms. The second-order valence-electron chi connectivity index (χ2n) is 3.72. The van der Waals surface area contributed by atoms with E-state index in [1.165, 1.54) is 24.4 Å². The summed E-state index contributed by atoms with van der Waals surface area (Å²) in [6.07, 6.45) is 1.35. The Kier molecular flexibility index (Phi) is 4.10. The Balaban J connectivity index is 2.32. The smallest absolute Gasteiger partial charge is 0.270 e. The van der Waals surface area contributed by atoms with E-state index < -0.39 is 4.92 Å². The number of benzene rings is 2. The van der Waals surface area contributed by atoms with Crippen molar-refractivity contribution in [1.82, 2.24) is 0 Å². The molecular formula is C13H8IN2O3-. The van der Waals surface area contributed by atoms with E-state index in [1.807, 2.05) is 18.2 Å². The molecule has 0 aliphatic heterocycles. The van der Waals surface area contributed by atoms with E-state index in [-0.39, 0.29) is 17.0 Å². The highest BCUT2D eigenvalue weighted by atomic mass is 127. The molecule has 0 amide bonds. The molecule has 0 fully saturated rings. The number of non-ortho nitro benzene ring substituents is 1. The molecule has 0 saturated carbocycles. The lowest BCUT2D eigenvalue weighted by atomic mass is 10.2. The van der Waals surface area contributed by atoms with Crippen molar-refractivity contribution in [3.63, 3.8) is 0 Å². The van der Waals surface area contributed by atoms with Gasteiger partial charge in [0.25, 0.3) is 5.69 Å². The third kappa shape index (κ3) is 3.50. The Morgan fingerprint density at radius 2 is 2.00 bits per heavy atom. The van der Waals surface area contributed by atoms with Crippen molar-refractivity contribution in [2.45, 2.75) is 0 Å². The van der Waals surface area contributed by atoms with Gasteiger partial charge < -0.3 is 5.11 Å². The van der Waals surface area contributed by atoms with Crippen LogP contribution in [0.3, 0.4) is 0 Å². The first-order valence-electron chi connectivity index (χ1n) is 5.31. The highest BCUT2D eigenvalue weighted by Crippen LogP contribution is 2.21. The summed E-state index contributed by atoms with van der Waals surface area (Å²) < 4.78 is 1.02. The van der Waals surface area contributed by atoms with Gasteiger partial charge in [-0.1, -0.05) is 17.9 Å². The average molecular weight is 367 g/mol. The van der Waals surface area contributed by atoms with Crippen LogP contribution in [0.5, 0.6) is 5.75 Å². The van der Waals surface area contributed by atoms with Crippen LogP contribution in [-0.2, 0) is 0 Å². The molecule has 2 aromatic rings. The van der Waals surface area contributed by atoms with E-state index >= 15 is 0 Å². The lowest BCUT2D eigenvalue weighted by Crippen LogP contribution is -1.98. The van der Waals surface area contributed by atoms with E-state index in [0.29, 0.717) is 5.69 Å². The van der Waals surface area contributed by atoms with Gasteiger partial charge >= 0.3 is 0 Å². The first-order valence-corrected chi connectivity index (χ1v) is 6.39. The number of hydrogen-bond acceptors (Lipinski definition) is 4. The molecule has 0 aliphatic rings. The van der Waals surface area contributed by atoms with E-state index in [1.54, 1.807) is 6.07 Å². The summed E-state index contributed by atoms with van der Waals surface area (Å²) in [5.41, 5.74) is 0.773. The van der Waals surface area contributed by atoms with Gasteiger partial charge in [-0.2, -0.15) is 0 Å². The third-order valence-corrected chi connectivity index (χ3v) is 3.04. The molecule has 0 spiro atoms. The first kappa shape index (κ1) is 13.5. The summed E-state index contributed by atoms with van der Waals surface area (Å²) in [5.74, 6) is -0.292. The monoisotopic (exact) mass is 367 g/mol. The van der Waals surface area contributed by atoms with Crippen molar-refractivity contribution >= 4 is 40.2 Å². The standard InChI is InChI=1S/C13H9IN2O3/c14-10-2-1-3-11(7-10)15-8-9-6-12(16(18)19)4-5-13(9)17/h1-8,17H/p-1. The van der Waals surface area contributed by atoms with Gasteiger partial charge in [-0.15, -0.1) is 0 Å². The Labute approximate surface area is 122 Å². The maximum Gasteiger partial charge on any atom is 0.270 e. The van der Waals surface area contributed by atoms with Crippen molar-refractivity contribution in [3.05, 3.63) is 61.7 Å². The van der Waals surface area contributed by atoms with Gasteiger partial charge in [0.1, 0.15) is 0 Å². The fourth-order valence-corrected chi connectivity index (χ4v) is 1.98. The average Bonchev–Trinajstić information content (AvgIpc) is 2.37. The second-order valence-corrected chi connectivity index (χ2v) is 4.96. The summed E-state index contributed by atoms with van der Waals surface area (Å²) in [5, 5.41) is 22.2. The molecule has 0 aliphatic carbocycles. The number of nitrogens with zero attached hydrogens (tertiary/aromatic N) is 2. The maximum absolute atomic E-state index is 11.6. The molecule has 0 heterocycles. The molecule has 0 aromatic heterocycles. The van der Waals surface area contributed by atoms with Gasteiger partial charge in [0.05, 0.1) is 10.6 Å². The number of rotatable bonds is 3. The molecule has 0 N–H and O–H groups in total. The van der Waals surface area contributed by atoms with Crippen LogP contribution in [0.25, 0.3) is 0 Å². The molecular weight excluding hydrogens is 359 g/mol. The molecule has 2 aromatic carbocycles. The van der Waals surface area contributed by atoms with Crippen LogP contribution in [0.2, 0.25) is 0 Å². The van der Waals surface area contributed by atoms with Gasteiger partial charge in [-0.25, -0.2) is 0 Å². The predicted octanol–water partition coefficient (Wildman–Crippen LogP) is 3.02. The fraction of sp³-hybridized carbons (Fsp3) is 0. The lowest BCUT2D eigenvalue weighted by molar-refractivity contribution is -0.385. The molecule has 0 atom stereocenters. The number of nitro groups is 1. The molecule has 0 radical (unpaired) electrons. The van der Waals surface area contributed by atoms with Crippen LogP contribution in [0.15, 0.2) is 47.5 Å². The minimum absolute atomic E-state index is 0.122. The zero-order valence-electron chi connectivity index (χ0n) is 9.62. The summed E-state index contributed by atoms with van der Waals surface area (Å²) in [6.45, 7) is 0. The van der Waals surface area contributed by atoms with Gasteiger partial charge in [-0.05, 0) is 46.4 Å². The predicted molar refractivity (Wildman–Crippen MR) is 79.0 cm³/mol. The van der Waals surface area contributed by atoms with Crippen LogP contribution in [0.1, 0.15) is 5.56 Å². The van der Waals surface area contributed by atoms with Crippen LogP contribution in [0, 0.1) is 13.7 Å². The maximum atomic E-state index is 11.6. The van der Waals surface area contributed by atoms with Crippen LogP contribution in [0.4, 0.5) is 11.4 Å². The summed E-state index contributed by atoms with van der Waals surface area (Å²) in [6, 6.07) is 11.0. The highest BCUT2D eigenvalue weighted by Gasteiger charge is 2.05. The number of nitro benzene ring substituents is 1. The normalized spacial score (nSPS) is 10.8. The zero-order valence-corrected chi connectivity index (χ0v) is 11.8. The topological polar surface area (TPSA) is 78.6 Å². The Hall–Kier alpha value is -1.96. The van der Waals surface area contributed by atoms with E-state index in [2.05, 4.69) is 27.6 Å². The van der Waals surface area contributed by atoms with Crippen LogP contribution in [-0.4, -0.2) is 11.1 Å². The lowest BCUT2D eigenvalue weighted by Gasteiger charge is -2.08. The van der Waals surface area contributed by atoms with E-state index in [9.17, 15) is 15.2 Å². The molecule has 6 heteroatoms. The Bertz CT molecular complexity index is 656. The quantitative estimate of drug-likeness (QED) is 0.362. The second kappa shape index (κ2) is 5.79. The highest BCUT2D eigenvalue weighted by molar-refractivity contribution is 14.1. The van der Waals surface area contributed by atoms with Crippen molar-refractivity contribution in [3.8, 4) is 5.75 Å². The molecule has 0 unspecified atom stereocenters. The minimum Gasteiger partial charge on any atom is -0.872 e. The van der Waals surface area contributed by atoms with E-state index in [0.717, 1.165) is 3.57 Å².